The van der Waals surface area contributed by atoms with Gasteiger partial charge in [-0.3, -0.25) is 0 Å². The van der Waals surface area contributed by atoms with Crippen LogP contribution in [0.4, 0.5) is 4.79 Å². The van der Waals surface area contributed by atoms with E-state index in [2.05, 4.69) is 10.3 Å². The van der Waals surface area contributed by atoms with Crippen LogP contribution in [0.3, 0.4) is 0 Å². The Morgan fingerprint density at radius 2 is 2.40 bits per heavy atom. The van der Waals surface area contributed by atoms with Gasteiger partial charge in [0, 0.05) is 0 Å². The topological polar surface area (TPSA) is 87.7 Å². The lowest BCUT2D eigenvalue weighted by molar-refractivity contribution is 0.113. The van der Waals surface area contributed by atoms with Crippen LogP contribution in [0.15, 0.2) is 4.99 Å². The standard InChI is InChI=1S/C5H9N3O2/c1-2-3(6)7-5(10)8-4(2)9/h2,4,9H,1H3,(H3,6,7,8,10). The van der Waals surface area contributed by atoms with Gasteiger partial charge in [-0.2, -0.15) is 4.99 Å². The molecule has 4 N–H and O–H groups in total. The maximum absolute atomic E-state index is 10.5. The second-order valence-electron chi connectivity index (χ2n) is 2.22. The summed E-state index contributed by atoms with van der Waals surface area (Å²) in [4.78, 5) is 13.9. The molecule has 5 heteroatoms. The van der Waals surface area contributed by atoms with E-state index in [-0.39, 0.29) is 11.8 Å². The van der Waals surface area contributed by atoms with E-state index < -0.39 is 12.3 Å². The maximum atomic E-state index is 10.5. The molecule has 1 rings (SSSR count). The molecule has 5 nitrogen and oxygen atoms in total. The van der Waals surface area contributed by atoms with Gasteiger partial charge in [0.2, 0.25) is 0 Å². The third-order valence-electron chi connectivity index (χ3n) is 1.44. The van der Waals surface area contributed by atoms with Gasteiger partial charge < -0.3 is 16.2 Å². The van der Waals surface area contributed by atoms with Crippen LogP contribution in [0.25, 0.3) is 0 Å². The van der Waals surface area contributed by atoms with Crippen LogP contribution in [-0.4, -0.2) is 23.2 Å². The van der Waals surface area contributed by atoms with Gasteiger partial charge in [0.25, 0.3) is 0 Å². The number of amides is 2. The van der Waals surface area contributed by atoms with E-state index in [0.29, 0.717) is 0 Å². The summed E-state index contributed by atoms with van der Waals surface area (Å²) in [5.41, 5.74) is 5.29. The van der Waals surface area contributed by atoms with Crippen LogP contribution in [0, 0.1) is 5.92 Å². The lowest BCUT2D eigenvalue weighted by Crippen LogP contribution is -2.48. The summed E-state index contributed by atoms with van der Waals surface area (Å²) >= 11 is 0. The van der Waals surface area contributed by atoms with Gasteiger partial charge >= 0.3 is 6.03 Å². The molecule has 1 aliphatic heterocycles. The number of nitrogens with two attached hydrogens (primary N) is 1. The predicted molar refractivity (Wildman–Crippen MR) is 35.3 cm³/mol. The number of amidine groups is 1. The van der Waals surface area contributed by atoms with E-state index in [1.165, 1.54) is 0 Å². The summed E-state index contributed by atoms with van der Waals surface area (Å²) in [7, 11) is 0. The number of hydrogen-bond acceptors (Lipinski definition) is 3. The second kappa shape index (κ2) is 2.26. The third-order valence-corrected chi connectivity index (χ3v) is 1.44. The summed E-state index contributed by atoms with van der Waals surface area (Å²) in [5, 5.41) is 11.2. The monoisotopic (exact) mass is 143 g/mol. The van der Waals surface area contributed by atoms with Crippen molar-refractivity contribution in [1.82, 2.24) is 5.32 Å². The Labute approximate surface area is 57.9 Å². The molecule has 0 aromatic carbocycles. The van der Waals surface area contributed by atoms with Crippen molar-refractivity contribution >= 4 is 11.9 Å². The third kappa shape index (κ3) is 1.08. The summed E-state index contributed by atoms with van der Waals surface area (Å²) in [5.74, 6) is -0.117. The number of nitrogens with one attached hydrogen (secondary N) is 1. The molecule has 1 heterocycles. The van der Waals surface area contributed by atoms with Crippen molar-refractivity contribution in [3.8, 4) is 0 Å². The summed E-state index contributed by atoms with van der Waals surface area (Å²) in [6, 6.07) is -0.580. The fourth-order valence-electron chi connectivity index (χ4n) is 0.665. The lowest BCUT2D eigenvalue weighted by atomic mass is 10.1. The van der Waals surface area contributed by atoms with Crippen molar-refractivity contribution in [2.24, 2.45) is 16.6 Å². The van der Waals surface area contributed by atoms with Gasteiger partial charge in [-0.1, -0.05) is 6.92 Å². The molecule has 2 unspecified atom stereocenters. The number of rotatable bonds is 0. The molecule has 0 bridgehead atoms. The Morgan fingerprint density at radius 3 is 2.90 bits per heavy atom. The average molecular weight is 143 g/mol. The molecule has 1 aliphatic rings. The van der Waals surface area contributed by atoms with Crippen molar-refractivity contribution in [2.45, 2.75) is 13.2 Å². The van der Waals surface area contributed by atoms with E-state index in [0.717, 1.165) is 0 Å². The molecular weight excluding hydrogens is 134 g/mol. The van der Waals surface area contributed by atoms with Gasteiger partial charge in [0.1, 0.15) is 12.1 Å². The number of hydrogen-bond donors (Lipinski definition) is 3. The Bertz CT molecular complexity index is 189. The number of nitrogens with zero attached hydrogens (tertiary/aromatic N) is 1. The van der Waals surface area contributed by atoms with Gasteiger partial charge in [-0.25, -0.2) is 4.79 Å². The SMILES string of the molecule is CC1C(N)=NC(=O)NC1O. The largest absolute Gasteiger partial charge is 0.387 e. The number of carbonyl (C=O) groups excluding carboxylic acids is 1. The average Bonchev–Trinajstić information content (AvgIpc) is 1.82. The molecule has 0 radical (unpaired) electrons. The summed E-state index contributed by atoms with van der Waals surface area (Å²) in [6.07, 6.45) is -0.898. The number of aliphatic hydroxyl groups is 1. The molecule has 10 heavy (non-hydrogen) atoms. The Balaban J connectivity index is 2.80. The first-order valence-corrected chi connectivity index (χ1v) is 2.94. The van der Waals surface area contributed by atoms with Crippen LogP contribution in [0.5, 0.6) is 0 Å². The highest BCUT2D eigenvalue weighted by Crippen LogP contribution is 2.04. The van der Waals surface area contributed by atoms with Crippen molar-refractivity contribution in [3.05, 3.63) is 0 Å². The first kappa shape index (κ1) is 7.01. The van der Waals surface area contributed by atoms with Crippen molar-refractivity contribution in [2.75, 3.05) is 0 Å². The van der Waals surface area contributed by atoms with E-state index in [1.807, 2.05) is 0 Å². The van der Waals surface area contributed by atoms with E-state index in [9.17, 15) is 4.79 Å². The second-order valence-corrected chi connectivity index (χ2v) is 2.22. The van der Waals surface area contributed by atoms with Crippen LogP contribution in [0.2, 0.25) is 0 Å². The molecule has 0 spiro atoms. The van der Waals surface area contributed by atoms with E-state index in [1.54, 1.807) is 6.92 Å². The normalized spacial score (nSPS) is 33.0. The van der Waals surface area contributed by atoms with E-state index >= 15 is 0 Å². The quantitative estimate of drug-likeness (QED) is 0.407. The smallest absolute Gasteiger partial charge is 0.344 e. The fraction of sp³-hybridized carbons (Fsp3) is 0.600. The number of aliphatic imine (C=N–C) groups is 1. The minimum Gasteiger partial charge on any atom is -0.387 e. The highest BCUT2D eigenvalue weighted by molar-refractivity contribution is 5.96. The molecule has 0 aromatic heterocycles. The number of urea groups is 1. The molecule has 0 aromatic rings. The number of carbonyl (C=O) groups is 1. The number of aliphatic hydroxyl groups excluding tert-OH is 1. The van der Waals surface area contributed by atoms with Gasteiger partial charge in [-0.15, -0.1) is 0 Å². The van der Waals surface area contributed by atoms with Crippen molar-refractivity contribution < 1.29 is 9.90 Å². The van der Waals surface area contributed by atoms with Crippen LogP contribution in [0.1, 0.15) is 6.92 Å². The van der Waals surface area contributed by atoms with Crippen molar-refractivity contribution in [1.29, 1.82) is 0 Å². The minimum absolute atomic E-state index is 0.177. The zero-order valence-corrected chi connectivity index (χ0v) is 5.53. The zero-order valence-electron chi connectivity index (χ0n) is 5.53. The van der Waals surface area contributed by atoms with Crippen LogP contribution < -0.4 is 11.1 Å². The molecule has 0 fully saturated rings. The van der Waals surface area contributed by atoms with Gasteiger partial charge in [0.15, 0.2) is 0 Å². The lowest BCUT2D eigenvalue weighted by Gasteiger charge is -2.22. The molecule has 0 saturated heterocycles. The molecular formula is C5H9N3O2. The van der Waals surface area contributed by atoms with E-state index in [4.69, 9.17) is 10.8 Å². The molecule has 2 atom stereocenters. The molecule has 2 amide bonds. The van der Waals surface area contributed by atoms with Crippen molar-refractivity contribution in [3.63, 3.8) is 0 Å². The van der Waals surface area contributed by atoms with Crippen LogP contribution in [-0.2, 0) is 0 Å². The van der Waals surface area contributed by atoms with Gasteiger partial charge in [0.05, 0.1) is 5.92 Å². The highest BCUT2D eigenvalue weighted by atomic mass is 16.3. The first-order chi connectivity index (χ1) is 4.61. The molecule has 0 aliphatic carbocycles. The van der Waals surface area contributed by atoms with Gasteiger partial charge in [-0.05, 0) is 0 Å². The Morgan fingerprint density at radius 1 is 1.80 bits per heavy atom. The summed E-state index contributed by atoms with van der Waals surface area (Å²) < 4.78 is 0. The Kier molecular flexibility index (Phi) is 1.58. The molecule has 0 saturated carbocycles. The van der Waals surface area contributed by atoms with Crippen LogP contribution >= 0.6 is 0 Å². The zero-order chi connectivity index (χ0) is 7.72. The first-order valence-electron chi connectivity index (χ1n) is 2.94. The Hall–Kier alpha value is -1.10. The predicted octanol–water partition coefficient (Wildman–Crippen LogP) is -0.979. The maximum Gasteiger partial charge on any atom is 0.344 e. The highest BCUT2D eigenvalue weighted by Gasteiger charge is 2.24. The fourth-order valence-corrected chi connectivity index (χ4v) is 0.665. The summed E-state index contributed by atoms with van der Waals surface area (Å²) in [6.45, 7) is 1.68. The molecule has 56 valence electrons. The minimum atomic E-state index is -0.898.